The molecule has 6 rings (SSSR count). The van der Waals surface area contributed by atoms with Gasteiger partial charge in [0.1, 0.15) is 5.82 Å². The van der Waals surface area contributed by atoms with Gasteiger partial charge >= 0.3 is 0 Å². The number of piperidine rings is 3. The van der Waals surface area contributed by atoms with Crippen LogP contribution in [0, 0.1) is 17.7 Å². The highest BCUT2D eigenvalue weighted by atomic mass is 32.2. The summed E-state index contributed by atoms with van der Waals surface area (Å²) in [5.41, 5.74) is 3.02. The first-order chi connectivity index (χ1) is 14.0. The molecule has 3 saturated heterocycles. The predicted octanol–water partition coefficient (Wildman–Crippen LogP) is 3.44. The fourth-order valence-electron chi connectivity index (χ4n) is 5.48. The van der Waals surface area contributed by atoms with E-state index in [4.69, 9.17) is 0 Å². The molecule has 4 nitrogen and oxygen atoms in total. The zero-order valence-corrected chi connectivity index (χ0v) is 17.3. The second-order valence-electron chi connectivity index (χ2n) is 8.69. The van der Waals surface area contributed by atoms with Crippen LogP contribution in [0.3, 0.4) is 0 Å². The minimum Gasteiger partial charge on any atom is -0.303 e. The van der Waals surface area contributed by atoms with Gasteiger partial charge in [-0.2, -0.15) is 4.31 Å². The summed E-state index contributed by atoms with van der Waals surface area (Å²) in [5, 5.41) is 0. The Morgan fingerprint density at radius 2 is 1.69 bits per heavy atom. The van der Waals surface area contributed by atoms with Gasteiger partial charge in [0.25, 0.3) is 0 Å². The van der Waals surface area contributed by atoms with Gasteiger partial charge in [-0.05, 0) is 73.0 Å². The third-order valence-corrected chi connectivity index (χ3v) is 8.96. The smallest absolute Gasteiger partial charge is 0.215 e. The second kappa shape index (κ2) is 7.49. The first-order valence-electron chi connectivity index (χ1n) is 10.6. The quantitative estimate of drug-likeness (QED) is 0.770. The van der Waals surface area contributed by atoms with Crippen LogP contribution < -0.4 is 0 Å². The van der Waals surface area contributed by atoms with Crippen LogP contribution in [-0.4, -0.2) is 49.6 Å². The van der Waals surface area contributed by atoms with Gasteiger partial charge in [-0.15, -0.1) is 0 Å². The summed E-state index contributed by atoms with van der Waals surface area (Å²) in [7, 11) is -3.44. The van der Waals surface area contributed by atoms with Gasteiger partial charge in [0, 0.05) is 13.1 Å². The Morgan fingerprint density at radius 3 is 2.38 bits per heavy atom. The van der Waals surface area contributed by atoms with E-state index in [0.29, 0.717) is 18.9 Å². The minimum atomic E-state index is -3.44. The molecule has 2 aromatic rings. The molecule has 0 saturated carbocycles. The summed E-state index contributed by atoms with van der Waals surface area (Å²) >= 11 is 0. The molecule has 0 aliphatic carbocycles. The Morgan fingerprint density at radius 1 is 0.966 bits per heavy atom. The summed E-state index contributed by atoms with van der Waals surface area (Å²) < 4.78 is 42.5. The largest absolute Gasteiger partial charge is 0.303 e. The van der Waals surface area contributed by atoms with Crippen molar-refractivity contribution in [1.82, 2.24) is 9.21 Å². The maximum atomic E-state index is 13.6. The summed E-state index contributed by atoms with van der Waals surface area (Å²) in [5.74, 6) is 0.651. The highest BCUT2D eigenvalue weighted by Gasteiger charge is 2.41. The Kier molecular flexibility index (Phi) is 4.96. The van der Waals surface area contributed by atoms with Crippen LogP contribution in [0.1, 0.15) is 35.6 Å². The third-order valence-electron chi connectivity index (χ3n) is 7.00. The van der Waals surface area contributed by atoms with Crippen LogP contribution in [0.4, 0.5) is 4.39 Å². The molecule has 0 spiro atoms. The lowest BCUT2D eigenvalue weighted by Gasteiger charge is -2.45. The molecular formula is C23H27FN2O2S. The van der Waals surface area contributed by atoms with E-state index in [9.17, 15) is 12.8 Å². The molecule has 0 aromatic heterocycles. The van der Waals surface area contributed by atoms with Gasteiger partial charge in [0.15, 0.2) is 0 Å². The zero-order chi connectivity index (χ0) is 20.0. The maximum absolute atomic E-state index is 13.6. The average molecular weight is 415 g/mol. The molecule has 0 radical (unpaired) electrons. The SMILES string of the molecule is O=S(=O)(C[C@H]1CN2CCC1CC2)N1CCc2ccccc2[C@@H]1c1ccc(F)cc1. The van der Waals surface area contributed by atoms with E-state index in [1.165, 1.54) is 17.7 Å². The number of halogens is 1. The fraction of sp³-hybridized carbons (Fsp3) is 0.478. The fourth-order valence-corrected chi connectivity index (χ4v) is 7.51. The van der Waals surface area contributed by atoms with Crippen molar-refractivity contribution in [2.75, 3.05) is 31.9 Å². The molecule has 4 aliphatic rings. The van der Waals surface area contributed by atoms with Gasteiger partial charge < -0.3 is 4.90 Å². The zero-order valence-electron chi connectivity index (χ0n) is 16.5. The monoisotopic (exact) mass is 414 g/mol. The van der Waals surface area contributed by atoms with Crippen molar-refractivity contribution in [2.45, 2.75) is 25.3 Å². The van der Waals surface area contributed by atoms with E-state index in [1.54, 1.807) is 16.4 Å². The molecule has 3 fully saturated rings. The molecule has 2 bridgehead atoms. The topological polar surface area (TPSA) is 40.6 Å². The summed E-state index contributed by atoms with van der Waals surface area (Å²) in [6, 6.07) is 13.9. The van der Waals surface area contributed by atoms with Crippen LogP contribution in [-0.2, 0) is 16.4 Å². The first kappa shape index (κ1) is 19.2. The van der Waals surface area contributed by atoms with Gasteiger partial charge in [-0.1, -0.05) is 36.4 Å². The summed E-state index contributed by atoms with van der Waals surface area (Å²) in [4.78, 5) is 2.41. The standard InChI is InChI=1S/C23H27FN2O2S/c24-21-7-5-19(6-8-21)23-22-4-2-1-3-18(22)11-14-26(23)29(27,28)16-20-15-25-12-9-17(20)10-13-25/h1-8,17,20,23H,9-16H2/t20-,23+/m1/s1. The highest BCUT2D eigenvalue weighted by Crippen LogP contribution is 2.39. The van der Waals surface area contributed by atoms with Crippen LogP contribution in [0.5, 0.6) is 0 Å². The third kappa shape index (κ3) is 3.62. The molecule has 0 amide bonds. The number of nitrogens with zero attached hydrogens (tertiary/aromatic N) is 2. The van der Waals surface area contributed by atoms with E-state index in [-0.39, 0.29) is 23.5 Å². The van der Waals surface area contributed by atoms with E-state index >= 15 is 0 Å². The molecule has 29 heavy (non-hydrogen) atoms. The average Bonchev–Trinajstić information content (AvgIpc) is 2.74. The van der Waals surface area contributed by atoms with Gasteiger partial charge in [0.05, 0.1) is 11.8 Å². The Balaban J connectivity index is 1.49. The van der Waals surface area contributed by atoms with Crippen LogP contribution in [0.15, 0.2) is 48.5 Å². The molecular weight excluding hydrogens is 387 g/mol. The van der Waals surface area contributed by atoms with Crippen LogP contribution >= 0.6 is 0 Å². The molecule has 0 N–H and O–H groups in total. The van der Waals surface area contributed by atoms with Crippen LogP contribution in [0.2, 0.25) is 0 Å². The number of benzene rings is 2. The predicted molar refractivity (Wildman–Crippen MR) is 112 cm³/mol. The molecule has 2 atom stereocenters. The van der Waals surface area contributed by atoms with E-state index < -0.39 is 10.0 Å². The number of rotatable bonds is 4. The molecule has 2 aromatic carbocycles. The number of sulfonamides is 1. The molecule has 4 heterocycles. The Bertz CT molecular complexity index is 984. The van der Waals surface area contributed by atoms with Crippen molar-refractivity contribution in [3.8, 4) is 0 Å². The van der Waals surface area contributed by atoms with E-state index in [1.807, 2.05) is 18.2 Å². The van der Waals surface area contributed by atoms with Crippen LogP contribution in [0.25, 0.3) is 0 Å². The number of hydrogen-bond donors (Lipinski definition) is 0. The maximum Gasteiger partial charge on any atom is 0.215 e. The summed E-state index contributed by atoms with van der Waals surface area (Å²) in [6.07, 6.45) is 2.95. The van der Waals surface area contributed by atoms with E-state index in [0.717, 1.165) is 43.6 Å². The van der Waals surface area contributed by atoms with Gasteiger partial charge in [-0.25, -0.2) is 12.8 Å². The van der Waals surface area contributed by atoms with Crippen molar-refractivity contribution < 1.29 is 12.8 Å². The molecule has 154 valence electrons. The Hall–Kier alpha value is -1.76. The highest BCUT2D eigenvalue weighted by molar-refractivity contribution is 7.89. The molecule has 4 aliphatic heterocycles. The molecule has 0 unspecified atom stereocenters. The lowest BCUT2D eigenvalue weighted by molar-refractivity contribution is 0.0611. The van der Waals surface area contributed by atoms with Gasteiger partial charge in [-0.3, -0.25) is 0 Å². The van der Waals surface area contributed by atoms with Crippen molar-refractivity contribution in [2.24, 2.45) is 11.8 Å². The van der Waals surface area contributed by atoms with Crippen molar-refractivity contribution in [3.63, 3.8) is 0 Å². The van der Waals surface area contributed by atoms with Crippen molar-refractivity contribution in [1.29, 1.82) is 0 Å². The lowest BCUT2D eigenvalue weighted by Crippen LogP contribution is -2.51. The number of hydrogen-bond acceptors (Lipinski definition) is 3. The Labute approximate surface area is 172 Å². The minimum absolute atomic E-state index is 0.216. The van der Waals surface area contributed by atoms with Crippen molar-refractivity contribution in [3.05, 3.63) is 71.0 Å². The summed E-state index contributed by atoms with van der Waals surface area (Å²) in [6.45, 7) is 3.59. The first-order valence-corrected chi connectivity index (χ1v) is 12.2. The second-order valence-corrected chi connectivity index (χ2v) is 10.7. The normalized spacial score (nSPS) is 29.6. The van der Waals surface area contributed by atoms with Gasteiger partial charge in [0.2, 0.25) is 10.0 Å². The lowest BCUT2D eigenvalue weighted by atomic mass is 9.80. The number of fused-ring (bicyclic) bond motifs is 4. The van der Waals surface area contributed by atoms with Crippen molar-refractivity contribution >= 4 is 10.0 Å². The van der Waals surface area contributed by atoms with E-state index in [2.05, 4.69) is 11.0 Å². The molecule has 6 heteroatoms.